The van der Waals surface area contributed by atoms with Crippen LogP contribution in [-0.4, -0.2) is 39.1 Å². The maximum atomic E-state index is 12.4. The average Bonchev–Trinajstić information content (AvgIpc) is 3.12. The van der Waals surface area contributed by atoms with Crippen molar-refractivity contribution in [3.05, 3.63) is 42.5 Å². The Morgan fingerprint density at radius 3 is 2.63 bits per heavy atom. The SMILES string of the molecule is COc1ccc(OC)c(NC(=O)CNc2ccccc2N2CCCC2=O)c1. The van der Waals surface area contributed by atoms with Crippen LogP contribution in [0, 0.1) is 0 Å². The second kappa shape index (κ2) is 8.44. The molecule has 1 heterocycles. The number of rotatable bonds is 7. The summed E-state index contributed by atoms with van der Waals surface area (Å²) in [7, 11) is 3.10. The molecule has 2 aromatic carbocycles. The molecule has 7 nitrogen and oxygen atoms in total. The number of ether oxygens (including phenoxy) is 2. The number of nitrogens with zero attached hydrogens (tertiary/aromatic N) is 1. The van der Waals surface area contributed by atoms with Gasteiger partial charge in [-0.1, -0.05) is 12.1 Å². The molecule has 0 spiro atoms. The summed E-state index contributed by atoms with van der Waals surface area (Å²) in [5, 5.41) is 5.94. The Morgan fingerprint density at radius 2 is 1.93 bits per heavy atom. The molecule has 0 bridgehead atoms. The number of carbonyl (C=O) groups excluding carboxylic acids is 2. The van der Waals surface area contributed by atoms with Gasteiger partial charge in [0.1, 0.15) is 11.5 Å². The van der Waals surface area contributed by atoms with Crippen LogP contribution in [0.3, 0.4) is 0 Å². The zero-order chi connectivity index (χ0) is 19.2. The van der Waals surface area contributed by atoms with E-state index in [1.54, 1.807) is 37.3 Å². The highest BCUT2D eigenvalue weighted by Gasteiger charge is 2.23. The summed E-state index contributed by atoms with van der Waals surface area (Å²) in [5.74, 6) is 1.04. The number of amides is 2. The van der Waals surface area contributed by atoms with E-state index in [9.17, 15) is 9.59 Å². The summed E-state index contributed by atoms with van der Waals surface area (Å²) in [4.78, 5) is 26.2. The van der Waals surface area contributed by atoms with Gasteiger partial charge in [-0.3, -0.25) is 9.59 Å². The monoisotopic (exact) mass is 369 g/mol. The van der Waals surface area contributed by atoms with Crippen molar-refractivity contribution in [2.45, 2.75) is 12.8 Å². The van der Waals surface area contributed by atoms with Gasteiger partial charge < -0.3 is 25.0 Å². The Hall–Kier alpha value is -3.22. The van der Waals surface area contributed by atoms with E-state index in [1.807, 2.05) is 24.3 Å². The van der Waals surface area contributed by atoms with Crippen molar-refractivity contribution in [1.29, 1.82) is 0 Å². The molecule has 1 fully saturated rings. The smallest absolute Gasteiger partial charge is 0.243 e. The fraction of sp³-hybridized carbons (Fsp3) is 0.300. The maximum Gasteiger partial charge on any atom is 0.243 e. The summed E-state index contributed by atoms with van der Waals surface area (Å²) in [6, 6.07) is 12.7. The fourth-order valence-electron chi connectivity index (χ4n) is 3.04. The van der Waals surface area contributed by atoms with Gasteiger partial charge in [-0.25, -0.2) is 0 Å². The van der Waals surface area contributed by atoms with Gasteiger partial charge in [0, 0.05) is 19.0 Å². The van der Waals surface area contributed by atoms with Crippen molar-refractivity contribution in [2.24, 2.45) is 0 Å². The van der Waals surface area contributed by atoms with Crippen LogP contribution in [0.25, 0.3) is 0 Å². The van der Waals surface area contributed by atoms with Gasteiger partial charge in [0.25, 0.3) is 0 Å². The fourth-order valence-corrected chi connectivity index (χ4v) is 3.04. The first-order valence-electron chi connectivity index (χ1n) is 8.77. The van der Waals surface area contributed by atoms with Gasteiger partial charge in [0.05, 0.1) is 37.8 Å². The average molecular weight is 369 g/mol. The number of para-hydroxylation sites is 2. The molecule has 0 aromatic heterocycles. The molecule has 27 heavy (non-hydrogen) atoms. The lowest BCUT2D eigenvalue weighted by Gasteiger charge is -2.20. The van der Waals surface area contributed by atoms with E-state index in [4.69, 9.17) is 9.47 Å². The second-order valence-corrected chi connectivity index (χ2v) is 6.13. The third kappa shape index (κ3) is 4.31. The minimum Gasteiger partial charge on any atom is -0.497 e. The summed E-state index contributed by atoms with van der Waals surface area (Å²) < 4.78 is 10.5. The second-order valence-electron chi connectivity index (χ2n) is 6.13. The van der Waals surface area contributed by atoms with E-state index in [-0.39, 0.29) is 18.4 Å². The van der Waals surface area contributed by atoms with E-state index in [1.165, 1.54) is 0 Å². The van der Waals surface area contributed by atoms with Crippen LogP contribution in [0.5, 0.6) is 11.5 Å². The van der Waals surface area contributed by atoms with E-state index in [0.717, 1.165) is 17.8 Å². The summed E-state index contributed by atoms with van der Waals surface area (Å²) >= 11 is 0. The summed E-state index contributed by atoms with van der Waals surface area (Å²) in [5.41, 5.74) is 2.08. The molecule has 0 aliphatic carbocycles. The molecule has 142 valence electrons. The Labute approximate surface area is 158 Å². The molecule has 1 saturated heterocycles. The van der Waals surface area contributed by atoms with Gasteiger partial charge in [-0.2, -0.15) is 0 Å². The maximum absolute atomic E-state index is 12.4. The van der Waals surface area contributed by atoms with Crippen molar-refractivity contribution >= 4 is 28.9 Å². The number of hydrogen-bond donors (Lipinski definition) is 2. The highest BCUT2D eigenvalue weighted by Crippen LogP contribution is 2.30. The third-order valence-electron chi connectivity index (χ3n) is 4.39. The Kier molecular flexibility index (Phi) is 5.80. The van der Waals surface area contributed by atoms with Gasteiger partial charge in [-0.15, -0.1) is 0 Å². The molecule has 0 atom stereocenters. The summed E-state index contributed by atoms with van der Waals surface area (Å²) in [6.07, 6.45) is 1.41. The highest BCUT2D eigenvalue weighted by atomic mass is 16.5. The minimum atomic E-state index is -0.232. The van der Waals surface area contributed by atoms with Crippen molar-refractivity contribution in [3.63, 3.8) is 0 Å². The minimum absolute atomic E-state index is 0.0550. The van der Waals surface area contributed by atoms with Crippen LogP contribution in [0.2, 0.25) is 0 Å². The van der Waals surface area contributed by atoms with Crippen molar-refractivity contribution in [3.8, 4) is 11.5 Å². The zero-order valence-electron chi connectivity index (χ0n) is 15.5. The molecule has 2 N–H and O–H groups in total. The summed E-state index contributed by atoms with van der Waals surface area (Å²) in [6.45, 7) is 0.754. The molecule has 1 aliphatic rings. The molecule has 2 aromatic rings. The number of anilines is 3. The van der Waals surface area contributed by atoms with Crippen LogP contribution >= 0.6 is 0 Å². The largest absolute Gasteiger partial charge is 0.497 e. The quantitative estimate of drug-likeness (QED) is 0.784. The van der Waals surface area contributed by atoms with Crippen LogP contribution in [0.15, 0.2) is 42.5 Å². The standard InChI is InChI=1S/C20H23N3O4/c1-26-14-9-10-18(27-2)16(12-14)22-19(24)13-21-15-6-3-4-7-17(15)23-11-5-8-20(23)25/h3-4,6-7,9-10,12,21H,5,8,11,13H2,1-2H3,(H,22,24). The topological polar surface area (TPSA) is 79.9 Å². The van der Waals surface area contributed by atoms with Crippen molar-refractivity contribution in [2.75, 3.05) is 42.8 Å². The van der Waals surface area contributed by atoms with Crippen molar-refractivity contribution in [1.82, 2.24) is 0 Å². The molecule has 0 radical (unpaired) electrons. The number of carbonyl (C=O) groups is 2. The highest BCUT2D eigenvalue weighted by molar-refractivity contribution is 6.00. The first kappa shape index (κ1) is 18.6. The number of benzene rings is 2. The van der Waals surface area contributed by atoms with E-state index in [0.29, 0.717) is 30.2 Å². The van der Waals surface area contributed by atoms with E-state index >= 15 is 0 Å². The molecule has 3 rings (SSSR count). The molecule has 1 aliphatic heterocycles. The Balaban J connectivity index is 1.68. The molecule has 2 amide bonds. The van der Waals surface area contributed by atoms with Gasteiger partial charge in [0.2, 0.25) is 11.8 Å². The van der Waals surface area contributed by atoms with Crippen molar-refractivity contribution < 1.29 is 19.1 Å². The first-order valence-corrected chi connectivity index (χ1v) is 8.77. The number of hydrogen-bond acceptors (Lipinski definition) is 5. The molecule has 0 unspecified atom stereocenters. The number of nitrogens with one attached hydrogen (secondary N) is 2. The predicted molar refractivity (Wildman–Crippen MR) is 105 cm³/mol. The van der Waals surface area contributed by atoms with Gasteiger partial charge in [-0.05, 0) is 30.7 Å². The van der Waals surface area contributed by atoms with Gasteiger partial charge >= 0.3 is 0 Å². The zero-order valence-corrected chi connectivity index (χ0v) is 15.5. The Morgan fingerprint density at radius 1 is 1.11 bits per heavy atom. The molecule has 7 heteroatoms. The molecular weight excluding hydrogens is 346 g/mol. The predicted octanol–water partition coefficient (Wildman–Crippen LogP) is 2.88. The lowest BCUT2D eigenvalue weighted by molar-refractivity contribution is -0.117. The lowest BCUT2D eigenvalue weighted by atomic mass is 10.2. The van der Waals surface area contributed by atoms with Crippen LogP contribution in [0.4, 0.5) is 17.1 Å². The van der Waals surface area contributed by atoms with E-state index < -0.39 is 0 Å². The third-order valence-corrected chi connectivity index (χ3v) is 4.39. The van der Waals surface area contributed by atoms with E-state index in [2.05, 4.69) is 10.6 Å². The van der Waals surface area contributed by atoms with Crippen LogP contribution in [-0.2, 0) is 9.59 Å². The lowest BCUT2D eigenvalue weighted by Crippen LogP contribution is -2.26. The van der Waals surface area contributed by atoms with Crippen LogP contribution in [0.1, 0.15) is 12.8 Å². The number of methoxy groups -OCH3 is 2. The normalized spacial score (nSPS) is 13.4. The van der Waals surface area contributed by atoms with Crippen LogP contribution < -0.4 is 25.0 Å². The molecule has 0 saturated carbocycles. The molecular formula is C20H23N3O4. The Bertz CT molecular complexity index is 838. The first-order chi connectivity index (χ1) is 13.1. The van der Waals surface area contributed by atoms with Gasteiger partial charge in [0.15, 0.2) is 0 Å².